The Morgan fingerprint density at radius 2 is 2.50 bits per heavy atom. The number of aliphatic hydroxyl groups is 1. The molecule has 0 saturated carbocycles. The fourth-order valence-electron chi connectivity index (χ4n) is 0.966. The number of aryl methyl sites for hydroxylation is 1. The van der Waals surface area contributed by atoms with Gasteiger partial charge in [0.2, 0.25) is 0 Å². The van der Waals surface area contributed by atoms with Crippen molar-refractivity contribution in [1.82, 2.24) is 9.55 Å². The summed E-state index contributed by atoms with van der Waals surface area (Å²) in [5, 5.41) is 8.61. The molecule has 0 spiro atoms. The van der Waals surface area contributed by atoms with Crippen LogP contribution in [0.4, 0.5) is 0 Å². The molecule has 0 aliphatic rings. The number of hydrogen-bond donors (Lipinski definition) is 1. The molecule has 1 heterocycles. The fourth-order valence-corrected chi connectivity index (χ4v) is 0.966. The number of aliphatic hydroxyl groups excluding tert-OH is 1. The zero-order valence-corrected chi connectivity index (χ0v) is 6.12. The molecule has 1 aromatic rings. The number of hydrogen-bond acceptors (Lipinski definition) is 2. The molecule has 0 fully saturated rings. The van der Waals surface area contributed by atoms with Crippen molar-refractivity contribution in [1.29, 1.82) is 0 Å². The van der Waals surface area contributed by atoms with Gasteiger partial charge in [0.15, 0.2) is 0 Å². The lowest BCUT2D eigenvalue weighted by molar-refractivity contribution is 0.274. The highest BCUT2D eigenvalue weighted by Gasteiger charge is 1.96. The summed E-state index contributed by atoms with van der Waals surface area (Å²) in [6.07, 6.45) is 4.57. The van der Waals surface area contributed by atoms with Crippen molar-refractivity contribution in [3.05, 3.63) is 18.2 Å². The third-order valence-electron chi connectivity index (χ3n) is 1.46. The second-order valence-corrected chi connectivity index (χ2v) is 2.11. The van der Waals surface area contributed by atoms with Crippen LogP contribution in [0.2, 0.25) is 0 Å². The van der Waals surface area contributed by atoms with E-state index in [1.807, 2.05) is 10.8 Å². The average molecular weight is 140 g/mol. The summed E-state index contributed by atoms with van der Waals surface area (Å²) in [7, 11) is 0. The highest BCUT2D eigenvalue weighted by molar-refractivity contribution is 4.91. The molecule has 3 heteroatoms. The van der Waals surface area contributed by atoms with Crippen LogP contribution in [0.25, 0.3) is 0 Å². The van der Waals surface area contributed by atoms with Gasteiger partial charge in [0.25, 0.3) is 0 Å². The summed E-state index contributed by atoms with van der Waals surface area (Å²) >= 11 is 0. The number of aromatic nitrogens is 2. The third kappa shape index (κ3) is 1.36. The second-order valence-electron chi connectivity index (χ2n) is 2.11. The Hall–Kier alpha value is -0.830. The van der Waals surface area contributed by atoms with Crippen LogP contribution in [0.5, 0.6) is 0 Å². The zero-order chi connectivity index (χ0) is 7.40. The van der Waals surface area contributed by atoms with Gasteiger partial charge in [-0.2, -0.15) is 0 Å². The first-order valence-electron chi connectivity index (χ1n) is 3.49. The summed E-state index contributed by atoms with van der Waals surface area (Å²) < 4.78 is 1.96. The van der Waals surface area contributed by atoms with Crippen molar-refractivity contribution in [2.75, 3.05) is 6.61 Å². The molecule has 1 rings (SSSR count). The molecule has 0 bridgehead atoms. The molecule has 0 unspecified atom stereocenters. The van der Waals surface area contributed by atoms with Crippen LogP contribution >= 0.6 is 0 Å². The summed E-state index contributed by atoms with van der Waals surface area (Å²) in [5.74, 6) is 1.04. The largest absolute Gasteiger partial charge is 0.395 e. The van der Waals surface area contributed by atoms with Gasteiger partial charge in [0.1, 0.15) is 5.82 Å². The molecule has 1 aromatic heterocycles. The van der Waals surface area contributed by atoms with Gasteiger partial charge in [0.05, 0.1) is 6.61 Å². The van der Waals surface area contributed by atoms with E-state index in [1.54, 1.807) is 6.20 Å². The van der Waals surface area contributed by atoms with Crippen molar-refractivity contribution < 1.29 is 5.11 Å². The van der Waals surface area contributed by atoms with Gasteiger partial charge < -0.3 is 9.67 Å². The molecule has 0 saturated heterocycles. The predicted molar refractivity (Wildman–Crippen MR) is 38.7 cm³/mol. The lowest BCUT2D eigenvalue weighted by atomic mass is 10.4. The van der Waals surface area contributed by atoms with Gasteiger partial charge in [-0.05, 0) is 0 Å². The van der Waals surface area contributed by atoms with Gasteiger partial charge in [-0.1, -0.05) is 6.92 Å². The van der Waals surface area contributed by atoms with E-state index in [4.69, 9.17) is 5.11 Å². The van der Waals surface area contributed by atoms with Crippen LogP contribution in [0, 0.1) is 0 Å². The SMILES string of the molecule is CCc1nccn1CCO. The first kappa shape index (κ1) is 7.28. The van der Waals surface area contributed by atoms with Gasteiger partial charge in [-0.25, -0.2) is 4.98 Å². The first-order valence-corrected chi connectivity index (χ1v) is 3.49. The maximum atomic E-state index is 8.61. The quantitative estimate of drug-likeness (QED) is 0.661. The summed E-state index contributed by atoms with van der Waals surface area (Å²) in [5.41, 5.74) is 0. The molecule has 0 aliphatic carbocycles. The van der Waals surface area contributed by atoms with E-state index >= 15 is 0 Å². The van der Waals surface area contributed by atoms with Gasteiger partial charge in [-0.3, -0.25) is 0 Å². The van der Waals surface area contributed by atoms with E-state index in [1.165, 1.54) is 0 Å². The van der Waals surface area contributed by atoms with E-state index in [9.17, 15) is 0 Å². The monoisotopic (exact) mass is 140 g/mol. The maximum absolute atomic E-state index is 8.61. The number of imidazole rings is 1. The Balaban J connectivity index is 2.70. The second kappa shape index (κ2) is 3.37. The molecule has 3 nitrogen and oxygen atoms in total. The lowest BCUT2D eigenvalue weighted by Crippen LogP contribution is -2.04. The number of rotatable bonds is 3. The highest BCUT2D eigenvalue weighted by atomic mass is 16.3. The topological polar surface area (TPSA) is 38.0 Å². The van der Waals surface area contributed by atoms with Crippen LogP contribution in [-0.4, -0.2) is 21.3 Å². The highest BCUT2D eigenvalue weighted by Crippen LogP contribution is 1.96. The Kier molecular flexibility index (Phi) is 2.45. The van der Waals surface area contributed by atoms with Crippen molar-refractivity contribution in [2.24, 2.45) is 0 Å². The third-order valence-corrected chi connectivity index (χ3v) is 1.46. The normalized spacial score (nSPS) is 10.2. The van der Waals surface area contributed by atoms with Crippen molar-refractivity contribution in [3.63, 3.8) is 0 Å². The standard InChI is InChI=1S/C7H12N2O/c1-2-7-8-3-4-9(7)5-6-10/h3-4,10H,2,5-6H2,1H3. The Bertz CT molecular complexity index is 195. The van der Waals surface area contributed by atoms with Crippen LogP contribution in [-0.2, 0) is 13.0 Å². The molecule has 0 amide bonds. The molecular weight excluding hydrogens is 128 g/mol. The van der Waals surface area contributed by atoms with E-state index in [0.717, 1.165) is 12.2 Å². The van der Waals surface area contributed by atoms with Gasteiger partial charge in [0, 0.05) is 25.4 Å². The molecule has 1 N–H and O–H groups in total. The average Bonchev–Trinajstić information content (AvgIpc) is 2.36. The minimum absolute atomic E-state index is 0.184. The van der Waals surface area contributed by atoms with Crippen LogP contribution in [0.3, 0.4) is 0 Å². The summed E-state index contributed by atoms with van der Waals surface area (Å²) in [6, 6.07) is 0. The van der Waals surface area contributed by atoms with Crippen LogP contribution in [0.15, 0.2) is 12.4 Å². The van der Waals surface area contributed by atoms with E-state index in [0.29, 0.717) is 6.54 Å². The predicted octanol–water partition coefficient (Wildman–Crippen LogP) is 0.438. The molecule has 0 atom stereocenters. The first-order chi connectivity index (χ1) is 4.88. The minimum Gasteiger partial charge on any atom is -0.395 e. The summed E-state index contributed by atoms with van der Waals surface area (Å²) in [6.45, 7) is 2.89. The maximum Gasteiger partial charge on any atom is 0.108 e. The Labute approximate surface area is 60.3 Å². The van der Waals surface area contributed by atoms with Crippen molar-refractivity contribution in [3.8, 4) is 0 Å². The Morgan fingerprint density at radius 1 is 1.70 bits per heavy atom. The minimum atomic E-state index is 0.184. The van der Waals surface area contributed by atoms with Gasteiger partial charge in [-0.15, -0.1) is 0 Å². The van der Waals surface area contributed by atoms with Crippen LogP contribution in [0.1, 0.15) is 12.7 Å². The van der Waals surface area contributed by atoms with Crippen molar-refractivity contribution in [2.45, 2.75) is 19.9 Å². The summed E-state index contributed by atoms with van der Waals surface area (Å²) in [4.78, 5) is 4.11. The smallest absolute Gasteiger partial charge is 0.108 e. The fraction of sp³-hybridized carbons (Fsp3) is 0.571. The van der Waals surface area contributed by atoms with Crippen molar-refractivity contribution >= 4 is 0 Å². The zero-order valence-electron chi connectivity index (χ0n) is 6.12. The molecule has 0 aliphatic heterocycles. The molecule has 0 radical (unpaired) electrons. The van der Waals surface area contributed by atoms with Crippen LogP contribution < -0.4 is 0 Å². The van der Waals surface area contributed by atoms with Gasteiger partial charge >= 0.3 is 0 Å². The lowest BCUT2D eigenvalue weighted by Gasteiger charge is -2.01. The molecule has 10 heavy (non-hydrogen) atoms. The Morgan fingerprint density at radius 3 is 3.10 bits per heavy atom. The van der Waals surface area contributed by atoms with E-state index < -0.39 is 0 Å². The molecular formula is C7H12N2O. The van der Waals surface area contributed by atoms with E-state index in [2.05, 4.69) is 11.9 Å². The number of nitrogens with zero attached hydrogens (tertiary/aromatic N) is 2. The van der Waals surface area contributed by atoms with E-state index in [-0.39, 0.29) is 6.61 Å². The molecule has 56 valence electrons. The molecule has 0 aromatic carbocycles.